The summed E-state index contributed by atoms with van der Waals surface area (Å²) in [6.45, 7) is 1.23. The van der Waals surface area contributed by atoms with Gasteiger partial charge < -0.3 is 16.2 Å². The van der Waals surface area contributed by atoms with Gasteiger partial charge in [0.25, 0.3) is 0 Å². The number of carboxylic acid groups (broad SMARTS) is 1. The van der Waals surface area contributed by atoms with E-state index in [1.54, 1.807) is 0 Å². The van der Waals surface area contributed by atoms with Gasteiger partial charge in [0.2, 0.25) is 11.8 Å². The number of carbonyl (C=O) groups excluding carboxylic acids is 2. The molecule has 0 radical (unpaired) electrons. The third kappa shape index (κ3) is 4.76. The Labute approximate surface area is 138 Å². The van der Waals surface area contributed by atoms with E-state index in [4.69, 9.17) is 5.73 Å². The Hall–Kier alpha value is -2.48. The van der Waals surface area contributed by atoms with Crippen LogP contribution in [0.25, 0.3) is 0 Å². The standard InChI is InChI=1S/C16H20FN3O4/c17-12-3-1-2-11(8-12)14(16(23)24)19-15(22)10-4-6-20(7-5-10)9-13(18)21/h1-3,8,10,14H,4-7,9H2,(H2,18,21)(H,19,22)(H,23,24)/t14-/m1/s1. The highest BCUT2D eigenvalue weighted by Crippen LogP contribution is 2.20. The van der Waals surface area contributed by atoms with Crippen LogP contribution in [0, 0.1) is 11.7 Å². The number of piperidine rings is 1. The Morgan fingerprint density at radius 3 is 2.54 bits per heavy atom. The summed E-state index contributed by atoms with van der Waals surface area (Å²) < 4.78 is 13.3. The second kappa shape index (κ2) is 7.87. The SMILES string of the molecule is NC(=O)CN1CCC(C(=O)N[C@@H](C(=O)O)c2cccc(F)c2)CC1. The zero-order valence-corrected chi connectivity index (χ0v) is 13.1. The molecule has 130 valence electrons. The summed E-state index contributed by atoms with van der Waals surface area (Å²) in [4.78, 5) is 36.5. The van der Waals surface area contributed by atoms with Crippen molar-refractivity contribution < 1.29 is 23.9 Å². The molecule has 1 heterocycles. The molecular formula is C16H20FN3O4. The smallest absolute Gasteiger partial charge is 0.330 e. The molecule has 1 aliphatic rings. The van der Waals surface area contributed by atoms with Crippen molar-refractivity contribution in [1.82, 2.24) is 10.2 Å². The van der Waals surface area contributed by atoms with Crippen molar-refractivity contribution in [1.29, 1.82) is 0 Å². The second-order valence-corrected chi connectivity index (χ2v) is 5.85. The summed E-state index contributed by atoms with van der Waals surface area (Å²) in [7, 11) is 0. The second-order valence-electron chi connectivity index (χ2n) is 5.85. The van der Waals surface area contributed by atoms with E-state index in [1.165, 1.54) is 18.2 Å². The van der Waals surface area contributed by atoms with Gasteiger partial charge in [-0.3, -0.25) is 14.5 Å². The zero-order chi connectivity index (χ0) is 17.7. The molecule has 2 rings (SSSR count). The number of nitrogens with zero attached hydrogens (tertiary/aromatic N) is 1. The maximum atomic E-state index is 13.3. The molecule has 1 aromatic carbocycles. The average molecular weight is 337 g/mol. The quantitative estimate of drug-likeness (QED) is 0.689. The predicted octanol–water partition coefficient (Wildman–Crippen LogP) is 0.265. The summed E-state index contributed by atoms with van der Waals surface area (Å²) in [5.74, 6) is -2.96. The van der Waals surface area contributed by atoms with Crippen LogP contribution in [0.2, 0.25) is 0 Å². The number of amides is 2. The van der Waals surface area contributed by atoms with Crippen molar-refractivity contribution in [3.8, 4) is 0 Å². The number of rotatable bonds is 6. The number of carbonyl (C=O) groups is 3. The van der Waals surface area contributed by atoms with Crippen LogP contribution in [-0.2, 0) is 14.4 Å². The van der Waals surface area contributed by atoms with E-state index in [1.807, 2.05) is 4.90 Å². The number of likely N-dealkylation sites (tertiary alicyclic amines) is 1. The lowest BCUT2D eigenvalue weighted by atomic mass is 9.95. The van der Waals surface area contributed by atoms with Crippen LogP contribution in [0.15, 0.2) is 24.3 Å². The van der Waals surface area contributed by atoms with Crippen molar-refractivity contribution in [3.05, 3.63) is 35.6 Å². The van der Waals surface area contributed by atoms with Crippen LogP contribution in [0.1, 0.15) is 24.4 Å². The summed E-state index contributed by atoms with van der Waals surface area (Å²) in [6.07, 6.45) is 1.02. The molecule has 1 atom stereocenters. The van der Waals surface area contributed by atoms with Crippen LogP contribution in [0.4, 0.5) is 4.39 Å². The molecule has 1 aromatic rings. The van der Waals surface area contributed by atoms with Gasteiger partial charge in [0, 0.05) is 5.92 Å². The number of hydrogen-bond donors (Lipinski definition) is 3. The van der Waals surface area contributed by atoms with E-state index in [2.05, 4.69) is 5.32 Å². The van der Waals surface area contributed by atoms with Gasteiger partial charge in [-0.05, 0) is 43.6 Å². The lowest BCUT2D eigenvalue weighted by molar-refractivity contribution is -0.143. The topological polar surface area (TPSA) is 113 Å². The fourth-order valence-corrected chi connectivity index (χ4v) is 2.81. The molecular weight excluding hydrogens is 317 g/mol. The highest BCUT2D eigenvalue weighted by atomic mass is 19.1. The van der Waals surface area contributed by atoms with E-state index in [-0.39, 0.29) is 23.9 Å². The molecule has 7 nitrogen and oxygen atoms in total. The third-order valence-corrected chi connectivity index (χ3v) is 4.05. The first kappa shape index (κ1) is 17.9. The lowest BCUT2D eigenvalue weighted by Gasteiger charge is -2.30. The van der Waals surface area contributed by atoms with Crippen LogP contribution in [0.5, 0.6) is 0 Å². The van der Waals surface area contributed by atoms with Gasteiger partial charge >= 0.3 is 5.97 Å². The van der Waals surface area contributed by atoms with Crippen LogP contribution < -0.4 is 11.1 Å². The molecule has 0 unspecified atom stereocenters. The number of hydrogen-bond acceptors (Lipinski definition) is 4. The molecule has 0 aromatic heterocycles. The maximum absolute atomic E-state index is 13.3. The van der Waals surface area contributed by atoms with Gasteiger partial charge in [-0.15, -0.1) is 0 Å². The summed E-state index contributed by atoms with van der Waals surface area (Å²) in [5.41, 5.74) is 5.32. The highest BCUT2D eigenvalue weighted by molar-refractivity contribution is 5.86. The number of carboxylic acids is 1. The molecule has 0 aliphatic carbocycles. The largest absolute Gasteiger partial charge is 0.479 e. The molecule has 1 saturated heterocycles. The summed E-state index contributed by atoms with van der Waals surface area (Å²) in [5, 5.41) is 11.8. The lowest BCUT2D eigenvalue weighted by Crippen LogP contribution is -2.45. The van der Waals surface area contributed by atoms with Crippen molar-refractivity contribution in [2.45, 2.75) is 18.9 Å². The minimum Gasteiger partial charge on any atom is -0.479 e. The first-order valence-electron chi connectivity index (χ1n) is 7.66. The highest BCUT2D eigenvalue weighted by Gasteiger charge is 2.29. The van der Waals surface area contributed by atoms with E-state index in [0.717, 1.165) is 6.07 Å². The van der Waals surface area contributed by atoms with Crippen molar-refractivity contribution >= 4 is 17.8 Å². The van der Waals surface area contributed by atoms with Crippen molar-refractivity contribution in [2.75, 3.05) is 19.6 Å². The molecule has 1 fully saturated rings. The monoisotopic (exact) mass is 337 g/mol. The van der Waals surface area contributed by atoms with E-state index < -0.39 is 23.7 Å². The third-order valence-electron chi connectivity index (χ3n) is 4.05. The fourth-order valence-electron chi connectivity index (χ4n) is 2.81. The molecule has 0 spiro atoms. The van der Waals surface area contributed by atoms with E-state index >= 15 is 0 Å². The van der Waals surface area contributed by atoms with Crippen molar-refractivity contribution in [3.63, 3.8) is 0 Å². The molecule has 4 N–H and O–H groups in total. The minimum absolute atomic E-state index is 0.148. The van der Waals surface area contributed by atoms with Gasteiger partial charge in [0.1, 0.15) is 5.82 Å². The van der Waals surface area contributed by atoms with Crippen molar-refractivity contribution in [2.24, 2.45) is 11.7 Å². The number of primary amides is 1. The van der Waals surface area contributed by atoms with Gasteiger partial charge in [0.05, 0.1) is 6.54 Å². The number of nitrogens with two attached hydrogens (primary N) is 1. The Morgan fingerprint density at radius 1 is 1.33 bits per heavy atom. The Balaban J connectivity index is 1.97. The maximum Gasteiger partial charge on any atom is 0.330 e. The van der Waals surface area contributed by atoms with E-state index in [0.29, 0.717) is 25.9 Å². The average Bonchev–Trinajstić information content (AvgIpc) is 2.52. The first-order chi connectivity index (χ1) is 11.4. The van der Waals surface area contributed by atoms with Gasteiger partial charge in [-0.25, -0.2) is 9.18 Å². The summed E-state index contributed by atoms with van der Waals surface area (Å²) in [6, 6.07) is 3.86. The Morgan fingerprint density at radius 2 is 2.00 bits per heavy atom. The van der Waals surface area contributed by atoms with Crippen LogP contribution in [0.3, 0.4) is 0 Å². The molecule has 1 aliphatic heterocycles. The number of nitrogens with one attached hydrogen (secondary N) is 1. The molecule has 0 bridgehead atoms. The van der Waals surface area contributed by atoms with Gasteiger partial charge in [0.15, 0.2) is 6.04 Å². The number of benzene rings is 1. The minimum atomic E-state index is -1.29. The molecule has 8 heteroatoms. The molecule has 2 amide bonds. The van der Waals surface area contributed by atoms with E-state index in [9.17, 15) is 23.9 Å². The van der Waals surface area contributed by atoms with Crippen LogP contribution >= 0.6 is 0 Å². The number of aliphatic carboxylic acids is 1. The Bertz CT molecular complexity index is 630. The van der Waals surface area contributed by atoms with Gasteiger partial charge in [-0.1, -0.05) is 12.1 Å². The Kier molecular flexibility index (Phi) is 5.86. The zero-order valence-electron chi connectivity index (χ0n) is 13.1. The molecule has 24 heavy (non-hydrogen) atoms. The van der Waals surface area contributed by atoms with Gasteiger partial charge in [-0.2, -0.15) is 0 Å². The fraction of sp³-hybridized carbons (Fsp3) is 0.438. The first-order valence-corrected chi connectivity index (χ1v) is 7.66. The number of halogens is 1. The normalized spacial score (nSPS) is 17.2. The summed E-state index contributed by atoms with van der Waals surface area (Å²) >= 11 is 0. The van der Waals surface area contributed by atoms with Crippen LogP contribution in [-0.4, -0.2) is 47.4 Å². The predicted molar refractivity (Wildman–Crippen MR) is 83.3 cm³/mol. The molecule has 0 saturated carbocycles.